The first-order chi connectivity index (χ1) is 9.67. The van der Waals surface area contributed by atoms with E-state index in [0.717, 1.165) is 5.56 Å². The van der Waals surface area contributed by atoms with Crippen LogP contribution in [0.2, 0.25) is 0 Å². The molecule has 6 nitrogen and oxygen atoms in total. The third-order valence-corrected chi connectivity index (χ3v) is 2.77. The number of rotatable bonds is 7. The van der Waals surface area contributed by atoms with Crippen LogP contribution < -0.4 is 10.6 Å². The number of ether oxygens (including phenoxy) is 2. The van der Waals surface area contributed by atoms with Gasteiger partial charge in [-0.05, 0) is 12.0 Å². The summed E-state index contributed by atoms with van der Waals surface area (Å²) in [5.41, 5.74) is 1.07. The molecule has 0 aliphatic heterocycles. The Morgan fingerprint density at radius 3 is 2.38 bits per heavy atom. The lowest BCUT2D eigenvalue weighted by molar-refractivity contribution is -0.143. The van der Waals surface area contributed by atoms with Crippen molar-refractivity contribution in [2.45, 2.75) is 19.0 Å². The molecule has 1 rings (SSSR count). The van der Waals surface area contributed by atoms with Crippen molar-refractivity contribution in [3.05, 3.63) is 35.9 Å². The summed E-state index contributed by atoms with van der Waals surface area (Å²) in [5, 5.41) is 5.64. The number of nitrogens with one attached hydrogen (secondary N) is 2. The van der Waals surface area contributed by atoms with E-state index in [1.54, 1.807) is 0 Å². The summed E-state index contributed by atoms with van der Waals surface area (Å²) >= 11 is 0. The van der Waals surface area contributed by atoms with E-state index in [-0.39, 0.29) is 18.4 Å². The first-order valence-electron chi connectivity index (χ1n) is 6.34. The van der Waals surface area contributed by atoms with Crippen LogP contribution >= 0.6 is 12.4 Å². The Bertz CT molecular complexity index is 428. The highest BCUT2D eigenvalue weighted by atomic mass is 35.5. The highest BCUT2D eigenvalue weighted by Gasteiger charge is 2.18. The van der Waals surface area contributed by atoms with Crippen LogP contribution in [0.4, 0.5) is 4.79 Å². The number of amides is 1. The van der Waals surface area contributed by atoms with E-state index in [1.165, 1.54) is 14.2 Å². The fraction of sp³-hybridized carbons (Fsp3) is 0.429. The number of hydrogen-bond donors (Lipinski definition) is 2. The maximum Gasteiger partial charge on any atom is 0.406 e. The monoisotopic (exact) mass is 316 g/mol. The Hall–Kier alpha value is -1.79. The van der Waals surface area contributed by atoms with Crippen LogP contribution in [0, 0.1) is 0 Å². The van der Waals surface area contributed by atoms with E-state index < -0.39 is 12.1 Å². The van der Waals surface area contributed by atoms with Crippen LogP contribution in [-0.4, -0.2) is 38.9 Å². The van der Waals surface area contributed by atoms with Crippen molar-refractivity contribution in [3.63, 3.8) is 0 Å². The quantitative estimate of drug-likeness (QED) is 0.745. The van der Waals surface area contributed by atoms with Crippen LogP contribution in [0.1, 0.15) is 12.0 Å². The van der Waals surface area contributed by atoms with Crippen molar-refractivity contribution in [2.24, 2.45) is 0 Å². The van der Waals surface area contributed by atoms with Crippen LogP contribution in [0.15, 0.2) is 30.3 Å². The zero-order valence-electron chi connectivity index (χ0n) is 12.1. The van der Waals surface area contributed by atoms with Crippen molar-refractivity contribution in [1.82, 2.24) is 10.6 Å². The maximum atomic E-state index is 11.6. The van der Waals surface area contributed by atoms with Gasteiger partial charge in [-0.25, -0.2) is 4.79 Å². The molecule has 0 saturated carbocycles. The Morgan fingerprint density at radius 2 is 1.81 bits per heavy atom. The number of hydrogen-bond acceptors (Lipinski definition) is 5. The number of carbonyl (C=O) groups is 2. The van der Waals surface area contributed by atoms with Gasteiger partial charge in [0.25, 0.3) is 0 Å². The average Bonchev–Trinajstić information content (AvgIpc) is 2.50. The van der Waals surface area contributed by atoms with Gasteiger partial charge >= 0.3 is 12.1 Å². The molecule has 7 heteroatoms. The second kappa shape index (κ2) is 10.9. The predicted molar refractivity (Wildman–Crippen MR) is 81.4 cm³/mol. The molecule has 0 spiro atoms. The van der Waals surface area contributed by atoms with E-state index in [2.05, 4.69) is 15.4 Å². The van der Waals surface area contributed by atoms with Crippen molar-refractivity contribution >= 4 is 24.5 Å². The van der Waals surface area contributed by atoms with Gasteiger partial charge in [0.15, 0.2) is 0 Å². The third-order valence-electron chi connectivity index (χ3n) is 2.77. The largest absolute Gasteiger partial charge is 0.468 e. The zero-order chi connectivity index (χ0) is 14.8. The molecule has 0 aliphatic rings. The molecule has 1 unspecified atom stereocenters. The SMILES string of the molecule is COC(=O)NCCC(NCc1ccccc1)C(=O)OC.Cl. The van der Waals surface area contributed by atoms with Gasteiger partial charge in [-0.2, -0.15) is 0 Å². The molecule has 0 aliphatic carbocycles. The van der Waals surface area contributed by atoms with Gasteiger partial charge in [-0.15, -0.1) is 12.4 Å². The minimum absolute atomic E-state index is 0. The zero-order valence-corrected chi connectivity index (χ0v) is 12.9. The van der Waals surface area contributed by atoms with E-state index in [9.17, 15) is 9.59 Å². The van der Waals surface area contributed by atoms with E-state index in [1.807, 2.05) is 30.3 Å². The normalized spacial score (nSPS) is 11.0. The van der Waals surface area contributed by atoms with Gasteiger partial charge < -0.3 is 20.1 Å². The Morgan fingerprint density at radius 1 is 1.14 bits per heavy atom. The third kappa shape index (κ3) is 7.53. The van der Waals surface area contributed by atoms with Gasteiger partial charge in [0.2, 0.25) is 0 Å². The van der Waals surface area contributed by atoms with Crippen molar-refractivity contribution in [3.8, 4) is 0 Å². The lowest BCUT2D eigenvalue weighted by Gasteiger charge is -2.16. The van der Waals surface area contributed by atoms with Gasteiger partial charge in [0.1, 0.15) is 6.04 Å². The number of carbonyl (C=O) groups excluding carboxylic acids is 2. The molecule has 1 aromatic rings. The fourth-order valence-electron chi connectivity index (χ4n) is 1.67. The lowest BCUT2D eigenvalue weighted by atomic mass is 10.1. The summed E-state index contributed by atoms with van der Waals surface area (Å²) in [6, 6.07) is 9.26. The Labute approximate surface area is 130 Å². The molecule has 1 aromatic carbocycles. The summed E-state index contributed by atoms with van der Waals surface area (Å²) in [7, 11) is 2.63. The highest BCUT2D eigenvalue weighted by Crippen LogP contribution is 2.01. The Kier molecular flexibility index (Phi) is 10.0. The first kappa shape index (κ1) is 19.2. The first-order valence-corrected chi connectivity index (χ1v) is 6.34. The molecule has 2 N–H and O–H groups in total. The van der Waals surface area contributed by atoms with E-state index >= 15 is 0 Å². The van der Waals surface area contributed by atoms with Gasteiger partial charge in [0.05, 0.1) is 14.2 Å². The topological polar surface area (TPSA) is 76.7 Å². The summed E-state index contributed by atoms with van der Waals surface area (Å²) in [4.78, 5) is 22.6. The van der Waals surface area contributed by atoms with Gasteiger partial charge in [-0.1, -0.05) is 30.3 Å². The second-order valence-electron chi connectivity index (χ2n) is 4.15. The van der Waals surface area contributed by atoms with Gasteiger partial charge in [0, 0.05) is 13.1 Å². The minimum Gasteiger partial charge on any atom is -0.468 e. The molecule has 0 fully saturated rings. The van der Waals surface area contributed by atoms with Crippen LogP contribution in [0.25, 0.3) is 0 Å². The minimum atomic E-state index is -0.517. The lowest BCUT2D eigenvalue weighted by Crippen LogP contribution is -2.40. The van der Waals surface area contributed by atoms with Crippen molar-refractivity contribution < 1.29 is 19.1 Å². The fourth-order valence-corrected chi connectivity index (χ4v) is 1.67. The van der Waals surface area contributed by atoms with Crippen molar-refractivity contribution in [1.29, 1.82) is 0 Å². The van der Waals surface area contributed by atoms with E-state index in [4.69, 9.17) is 4.74 Å². The molecular formula is C14H21ClN2O4. The Balaban J connectivity index is 0.00000400. The van der Waals surface area contributed by atoms with E-state index in [0.29, 0.717) is 19.5 Å². The number of halogens is 1. The molecule has 0 heterocycles. The average molecular weight is 317 g/mol. The maximum absolute atomic E-state index is 11.6. The number of alkyl carbamates (subject to hydrolysis) is 1. The molecular weight excluding hydrogens is 296 g/mol. The number of esters is 1. The van der Waals surface area contributed by atoms with Crippen LogP contribution in [-0.2, 0) is 20.8 Å². The molecule has 118 valence electrons. The standard InChI is InChI=1S/C14H20N2O4.ClH/c1-19-13(17)12(8-9-15-14(18)20-2)16-10-11-6-4-3-5-7-11;/h3-7,12,16H,8-10H2,1-2H3,(H,15,18);1H. The smallest absolute Gasteiger partial charge is 0.406 e. The highest BCUT2D eigenvalue weighted by molar-refractivity contribution is 5.85. The molecule has 21 heavy (non-hydrogen) atoms. The summed E-state index contributed by atoms with van der Waals surface area (Å²) in [6.07, 6.45) is -0.0918. The molecule has 1 amide bonds. The van der Waals surface area contributed by atoms with Crippen molar-refractivity contribution in [2.75, 3.05) is 20.8 Å². The van der Waals surface area contributed by atoms with Crippen LogP contribution in [0.5, 0.6) is 0 Å². The predicted octanol–water partition coefficient (Wildman–Crippen LogP) is 1.49. The molecule has 0 aromatic heterocycles. The molecule has 0 saturated heterocycles. The molecule has 0 bridgehead atoms. The number of benzene rings is 1. The number of methoxy groups -OCH3 is 2. The second-order valence-corrected chi connectivity index (χ2v) is 4.15. The van der Waals surface area contributed by atoms with Crippen LogP contribution in [0.3, 0.4) is 0 Å². The van der Waals surface area contributed by atoms with Gasteiger partial charge in [-0.3, -0.25) is 4.79 Å². The summed E-state index contributed by atoms with van der Waals surface area (Å²) in [6.45, 7) is 0.882. The summed E-state index contributed by atoms with van der Waals surface area (Å²) < 4.78 is 9.20. The molecule has 1 atom stereocenters. The molecule has 0 radical (unpaired) electrons. The summed E-state index contributed by atoms with van der Waals surface area (Å²) in [5.74, 6) is -0.354.